The van der Waals surface area contributed by atoms with E-state index < -0.39 is 0 Å². The number of hydrogen-bond acceptors (Lipinski definition) is 5. The van der Waals surface area contributed by atoms with E-state index in [0.717, 1.165) is 17.1 Å². The van der Waals surface area contributed by atoms with E-state index in [0.29, 0.717) is 18.4 Å². The number of hydrogen-bond donors (Lipinski definition) is 3. The minimum Gasteiger partial charge on any atom is -0.457 e. The van der Waals surface area contributed by atoms with Crippen LogP contribution < -0.4 is 15.8 Å². The summed E-state index contributed by atoms with van der Waals surface area (Å²) < 4.78 is 5.73. The predicted octanol–water partition coefficient (Wildman–Crippen LogP) is 2.79. The van der Waals surface area contributed by atoms with Crippen molar-refractivity contribution in [3.05, 3.63) is 60.2 Å². The number of para-hydroxylation sites is 1. The lowest BCUT2D eigenvalue weighted by molar-refractivity contribution is 0.482. The second-order valence-electron chi connectivity index (χ2n) is 4.46. The largest absolute Gasteiger partial charge is 0.457 e. The third-order valence-corrected chi connectivity index (χ3v) is 2.86. The van der Waals surface area contributed by atoms with Gasteiger partial charge in [-0.3, -0.25) is 0 Å². The molecule has 0 atom stereocenters. The molecule has 2 aromatic carbocycles. The SMILES string of the molecule is Nc1nc(NCc2ccc(Oc3ccccc3)cc2)n[nH]1. The topological polar surface area (TPSA) is 88.8 Å². The number of nitrogens with one attached hydrogen (secondary N) is 2. The van der Waals surface area contributed by atoms with E-state index >= 15 is 0 Å². The molecule has 0 unspecified atom stereocenters. The second-order valence-corrected chi connectivity index (χ2v) is 4.46. The number of ether oxygens (including phenoxy) is 1. The van der Waals surface area contributed by atoms with Crippen molar-refractivity contribution in [1.29, 1.82) is 0 Å². The molecule has 3 rings (SSSR count). The van der Waals surface area contributed by atoms with Gasteiger partial charge in [0.05, 0.1) is 0 Å². The van der Waals surface area contributed by atoms with Gasteiger partial charge in [-0.2, -0.15) is 4.98 Å². The summed E-state index contributed by atoms with van der Waals surface area (Å²) in [4.78, 5) is 3.97. The molecule has 3 aromatic rings. The van der Waals surface area contributed by atoms with Gasteiger partial charge in [0.1, 0.15) is 11.5 Å². The summed E-state index contributed by atoms with van der Waals surface area (Å²) in [5.74, 6) is 2.40. The number of nitrogens with zero attached hydrogens (tertiary/aromatic N) is 2. The van der Waals surface area contributed by atoms with E-state index in [1.165, 1.54) is 0 Å². The Kier molecular flexibility index (Phi) is 3.68. The zero-order chi connectivity index (χ0) is 14.5. The summed E-state index contributed by atoms with van der Waals surface area (Å²) in [6.45, 7) is 0.614. The zero-order valence-corrected chi connectivity index (χ0v) is 11.3. The fourth-order valence-corrected chi connectivity index (χ4v) is 1.83. The van der Waals surface area contributed by atoms with Crippen molar-refractivity contribution >= 4 is 11.9 Å². The van der Waals surface area contributed by atoms with E-state index in [1.54, 1.807) is 0 Å². The average Bonchev–Trinajstić information content (AvgIpc) is 2.93. The van der Waals surface area contributed by atoms with Gasteiger partial charge in [0.15, 0.2) is 0 Å². The van der Waals surface area contributed by atoms with Crippen molar-refractivity contribution in [2.75, 3.05) is 11.1 Å². The molecule has 0 bridgehead atoms. The number of aromatic amines is 1. The van der Waals surface area contributed by atoms with Crippen molar-refractivity contribution in [2.45, 2.75) is 6.54 Å². The molecule has 6 heteroatoms. The summed E-state index contributed by atoms with van der Waals surface area (Å²) >= 11 is 0. The Morgan fingerprint density at radius 3 is 2.38 bits per heavy atom. The van der Waals surface area contributed by atoms with Crippen LogP contribution in [0.2, 0.25) is 0 Å². The highest BCUT2D eigenvalue weighted by Crippen LogP contribution is 2.21. The van der Waals surface area contributed by atoms with Gasteiger partial charge in [0.2, 0.25) is 11.9 Å². The molecular weight excluding hydrogens is 266 g/mol. The molecule has 0 radical (unpaired) electrons. The smallest absolute Gasteiger partial charge is 0.243 e. The molecule has 0 fully saturated rings. The molecule has 0 spiro atoms. The Balaban J connectivity index is 1.59. The van der Waals surface area contributed by atoms with E-state index in [9.17, 15) is 0 Å². The van der Waals surface area contributed by atoms with Crippen LogP contribution in [0.1, 0.15) is 5.56 Å². The van der Waals surface area contributed by atoms with Crippen molar-refractivity contribution < 1.29 is 4.74 Å². The standard InChI is InChI=1S/C15H15N5O/c16-14-18-15(20-19-14)17-10-11-6-8-13(9-7-11)21-12-4-2-1-3-5-12/h1-9H,10H2,(H4,16,17,18,19,20). The van der Waals surface area contributed by atoms with Gasteiger partial charge in [-0.25, -0.2) is 5.10 Å². The molecule has 1 aromatic heterocycles. The van der Waals surface area contributed by atoms with E-state index in [2.05, 4.69) is 20.5 Å². The van der Waals surface area contributed by atoms with Crippen molar-refractivity contribution in [1.82, 2.24) is 15.2 Å². The molecule has 1 heterocycles. The Morgan fingerprint density at radius 2 is 1.71 bits per heavy atom. The summed E-state index contributed by atoms with van der Waals surface area (Å²) in [5, 5.41) is 9.56. The maximum atomic E-state index is 5.73. The van der Waals surface area contributed by atoms with Crippen LogP contribution in [0.4, 0.5) is 11.9 Å². The maximum Gasteiger partial charge on any atom is 0.243 e. The fraction of sp³-hybridized carbons (Fsp3) is 0.0667. The summed E-state index contributed by atoms with van der Waals surface area (Å²) in [7, 11) is 0. The first kappa shape index (κ1) is 13.0. The van der Waals surface area contributed by atoms with Crippen LogP contribution in [0.25, 0.3) is 0 Å². The lowest BCUT2D eigenvalue weighted by atomic mass is 10.2. The van der Waals surface area contributed by atoms with Gasteiger partial charge in [0.25, 0.3) is 0 Å². The van der Waals surface area contributed by atoms with E-state index in [1.807, 2.05) is 54.6 Å². The van der Waals surface area contributed by atoms with Gasteiger partial charge >= 0.3 is 0 Å². The Morgan fingerprint density at radius 1 is 1.00 bits per heavy atom. The quantitative estimate of drug-likeness (QED) is 0.669. The van der Waals surface area contributed by atoms with Crippen LogP contribution in [-0.4, -0.2) is 15.2 Å². The van der Waals surface area contributed by atoms with E-state index in [-0.39, 0.29) is 0 Å². The minimum atomic E-state index is 0.295. The van der Waals surface area contributed by atoms with Crippen LogP contribution in [0.15, 0.2) is 54.6 Å². The molecule has 106 valence electrons. The highest BCUT2D eigenvalue weighted by Gasteiger charge is 2.01. The molecule has 0 aliphatic carbocycles. The van der Waals surface area contributed by atoms with Gasteiger partial charge in [-0.05, 0) is 29.8 Å². The first-order chi connectivity index (χ1) is 10.3. The van der Waals surface area contributed by atoms with Crippen molar-refractivity contribution in [3.63, 3.8) is 0 Å². The Labute approximate surface area is 122 Å². The minimum absolute atomic E-state index is 0.295. The van der Waals surface area contributed by atoms with Crippen LogP contribution in [0.3, 0.4) is 0 Å². The van der Waals surface area contributed by atoms with Crippen LogP contribution in [0, 0.1) is 0 Å². The lowest BCUT2D eigenvalue weighted by Gasteiger charge is -2.07. The van der Waals surface area contributed by atoms with E-state index in [4.69, 9.17) is 10.5 Å². The third kappa shape index (κ3) is 3.50. The average molecular weight is 281 g/mol. The van der Waals surface area contributed by atoms with Crippen LogP contribution in [-0.2, 0) is 6.54 Å². The van der Waals surface area contributed by atoms with Crippen molar-refractivity contribution in [3.8, 4) is 11.5 Å². The fourth-order valence-electron chi connectivity index (χ4n) is 1.83. The molecule has 0 amide bonds. The molecule has 6 nitrogen and oxygen atoms in total. The zero-order valence-electron chi connectivity index (χ0n) is 11.3. The monoisotopic (exact) mass is 281 g/mol. The normalized spacial score (nSPS) is 10.3. The summed E-state index contributed by atoms with van der Waals surface area (Å²) in [6, 6.07) is 17.5. The molecule has 0 aliphatic rings. The number of benzene rings is 2. The molecular formula is C15H15N5O. The van der Waals surface area contributed by atoms with Gasteiger partial charge in [0, 0.05) is 6.54 Å². The summed E-state index contributed by atoms with van der Waals surface area (Å²) in [6.07, 6.45) is 0. The highest BCUT2D eigenvalue weighted by molar-refractivity contribution is 5.35. The van der Waals surface area contributed by atoms with Gasteiger partial charge in [-0.1, -0.05) is 30.3 Å². The predicted molar refractivity (Wildman–Crippen MR) is 81.1 cm³/mol. The van der Waals surface area contributed by atoms with Gasteiger partial charge < -0.3 is 15.8 Å². The first-order valence-electron chi connectivity index (χ1n) is 6.53. The first-order valence-corrected chi connectivity index (χ1v) is 6.53. The Bertz CT molecular complexity index is 694. The molecule has 0 saturated heterocycles. The lowest BCUT2D eigenvalue weighted by Crippen LogP contribution is -2.01. The molecule has 0 saturated carbocycles. The third-order valence-electron chi connectivity index (χ3n) is 2.86. The number of anilines is 2. The number of nitrogen functional groups attached to an aromatic ring is 1. The van der Waals surface area contributed by atoms with Crippen LogP contribution >= 0.6 is 0 Å². The molecule has 0 aliphatic heterocycles. The van der Waals surface area contributed by atoms with Crippen molar-refractivity contribution in [2.24, 2.45) is 0 Å². The Hall–Kier alpha value is -3.02. The summed E-state index contributed by atoms with van der Waals surface area (Å²) in [5.41, 5.74) is 6.55. The maximum absolute atomic E-state index is 5.73. The number of rotatable bonds is 5. The van der Waals surface area contributed by atoms with Gasteiger partial charge in [-0.15, -0.1) is 5.10 Å². The molecule has 21 heavy (non-hydrogen) atoms. The number of nitrogens with two attached hydrogens (primary N) is 1. The number of aromatic nitrogens is 3. The highest BCUT2D eigenvalue weighted by atomic mass is 16.5. The molecule has 4 N–H and O–H groups in total. The van der Waals surface area contributed by atoms with Crippen LogP contribution in [0.5, 0.6) is 11.5 Å². The second kappa shape index (κ2) is 5.96. The number of H-pyrrole nitrogens is 1.